The summed E-state index contributed by atoms with van der Waals surface area (Å²) in [6.45, 7) is 0.246. The Morgan fingerprint density at radius 2 is 1.76 bits per heavy atom. The summed E-state index contributed by atoms with van der Waals surface area (Å²) in [6.07, 6.45) is 0.107. The minimum atomic E-state index is -0.527. The normalized spacial score (nSPS) is 16.3. The Bertz CT molecular complexity index is 1030. The van der Waals surface area contributed by atoms with Gasteiger partial charge in [-0.2, -0.15) is 0 Å². The Labute approximate surface area is 176 Å². The number of aromatic nitrogens is 1. The van der Waals surface area contributed by atoms with Crippen molar-refractivity contribution in [3.63, 3.8) is 0 Å². The van der Waals surface area contributed by atoms with Gasteiger partial charge in [0.15, 0.2) is 5.76 Å². The van der Waals surface area contributed by atoms with Crippen molar-refractivity contribution in [1.82, 2.24) is 5.16 Å². The van der Waals surface area contributed by atoms with E-state index in [2.05, 4.69) is 5.16 Å². The summed E-state index contributed by atoms with van der Waals surface area (Å²) in [7, 11) is 0. The number of amides is 1. The molecule has 8 heteroatoms. The van der Waals surface area contributed by atoms with Crippen LogP contribution in [0.2, 0.25) is 10.0 Å². The van der Waals surface area contributed by atoms with Gasteiger partial charge in [0.05, 0.1) is 5.92 Å². The molecular formula is C21H16Cl2N2O4. The predicted octanol–water partition coefficient (Wildman–Crippen LogP) is 4.74. The summed E-state index contributed by atoms with van der Waals surface area (Å²) < 4.78 is 10.6. The second kappa shape index (κ2) is 8.27. The summed E-state index contributed by atoms with van der Waals surface area (Å²) in [5, 5.41) is 5.14. The average Bonchev–Trinajstić information content (AvgIpc) is 3.34. The van der Waals surface area contributed by atoms with E-state index in [4.69, 9.17) is 32.5 Å². The van der Waals surface area contributed by atoms with Crippen LogP contribution in [0.15, 0.2) is 59.1 Å². The lowest BCUT2D eigenvalue weighted by Gasteiger charge is -2.16. The average molecular weight is 431 g/mol. The second-order valence-corrected chi connectivity index (χ2v) is 7.55. The number of benzene rings is 2. The van der Waals surface area contributed by atoms with Gasteiger partial charge in [0.1, 0.15) is 12.3 Å². The molecule has 0 aliphatic carbocycles. The fourth-order valence-corrected chi connectivity index (χ4v) is 3.38. The number of carbonyl (C=O) groups excluding carboxylic acids is 2. The summed E-state index contributed by atoms with van der Waals surface area (Å²) in [5.74, 6) is -0.537. The van der Waals surface area contributed by atoms with Crippen LogP contribution < -0.4 is 4.90 Å². The number of halogens is 2. The van der Waals surface area contributed by atoms with Gasteiger partial charge in [-0.05, 0) is 48.5 Å². The monoisotopic (exact) mass is 430 g/mol. The zero-order valence-electron chi connectivity index (χ0n) is 15.2. The second-order valence-electron chi connectivity index (χ2n) is 6.68. The molecule has 3 aromatic rings. The third kappa shape index (κ3) is 4.44. The SMILES string of the molecule is O=C(OCc1cc(-c2ccc(Cl)cc2)on1)C1CC(=O)N(c2ccc(Cl)cc2)C1. The van der Waals surface area contributed by atoms with Crippen LogP contribution in [0.25, 0.3) is 11.3 Å². The summed E-state index contributed by atoms with van der Waals surface area (Å²) >= 11 is 11.8. The van der Waals surface area contributed by atoms with E-state index in [1.54, 1.807) is 47.4 Å². The molecule has 2 heterocycles. The van der Waals surface area contributed by atoms with Crippen LogP contribution in [0.3, 0.4) is 0 Å². The van der Waals surface area contributed by atoms with Crippen LogP contribution in [-0.4, -0.2) is 23.6 Å². The molecule has 1 unspecified atom stereocenters. The molecule has 29 heavy (non-hydrogen) atoms. The zero-order chi connectivity index (χ0) is 20.4. The number of rotatable bonds is 5. The first-order valence-electron chi connectivity index (χ1n) is 8.94. The zero-order valence-corrected chi connectivity index (χ0v) is 16.7. The van der Waals surface area contributed by atoms with Crippen LogP contribution in [0, 0.1) is 5.92 Å². The highest BCUT2D eigenvalue weighted by Crippen LogP contribution is 2.27. The lowest BCUT2D eigenvalue weighted by molar-refractivity contribution is -0.149. The van der Waals surface area contributed by atoms with Crippen molar-refractivity contribution in [1.29, 1.82) is 0 Å². The van der Waals surface area contributed by atoms with E-state index in [-0.39, 0.29) is 25.5 Å². The molecule has 1 amide bonds. The van der Waals surface area contributed by atoms with E-state index in [9.17, 15) is 9.59 Å². The largest absolute Gasteiger partial charge is 0.459 e. The highest BCUT2D eigenvalue weighted by molar-refractivity contribution is 6.30. The number of esters is 1. The molecule has 0 saturated carbocycles. The topological polar surface area (TPSA) is 72.6 Å². The Morgan fingerprint density at radius 1 is 1.10 bits per heavy atom. The third-order valence-corrected chi connectivity index (χ3v) is 5.15. The van der Waals surface area contributed by atoms with Gasteiger partial charge in [0.25, 0.3) is 0 Å². The van der Waals surface area contributed by atoms with E-state index in [1.807, 2.05) is 12.1 Å². The molecule has 1 fully saturated rings. The summed E-state index contributed by atoms with van der Waals surface area (Å²) in [4.78, 5) is 26.3. The first kappa shape index (κ1) is 19.5. The van der Waals surface area contributed by atoms with Crippen LogP contribution in [0.1, 0.15) is 12.1 Å². The molecule has 1 atom stereocenters. The van der Waals surface area contributed by atoms with Gasteiger partial charge < -0.3 is 14.2 Å². The van der Waals surface area contributed by atoms with Crippen molar-refractivity contribution in [2.24, 2.45) is 5.92 Å². The third-order valence-electron chi connectivity index (χ3n) is 4.65. The number of anilines is 1. The minimum absolute atomic E-state index is 0.0262. The molecule has 1 aliphatic heterocycles. The van der Waals surface area contributed by atoms with Gasteiger partial charge in [-0.15, -0.1) is 0 Å². The van der Waals surface area contributed by atoms with Gasteiger partial charge in [0.2, 0.25) is 5.91 Å². The molecule has 0 bridgehead atoms. The molecule has 0 spiro atoms. The Kier molecular flexibility index (Phi) is 5.56. The molecule has 6 nitrogen and oxygen atoms in total. The smallest absolute Gasteiger partial charge is 0.311 e. The highest BCUT2D eigenvalue weighted by atomic mass is 35.5. The van der Waals surface area contributed by atoms with E-state index >= 15 is 0 Å². The van der Waals surface area contributed by atoms with Crippen molar-refractivity contribution < 1.29 is 18.8 Å². The number of carbonyl (C=O) groups is 2. The molecule has 1 aromatic heterocycles. The number of hydrogen-bond acceptors (Lipinski definition) is 5. The van der Waals surface area contributed by atoms with Gasteiger partial charge in [-0.3, -0.25) is 9.59 Å². The highest BCUT2D eigenvalue weighted by Gasteiger charge is 2.36. The van der Waals surface area contributed by atoms with Crippen LogP contribution in [0.5, 0.6) is 0 Å². The minimum Gasteiger partial charge on any atom is -0.459 e. The van der Waals surface area contributed by atoms with Gasteiger partial charge in [0, 0.05) is 40.3 Å². The Hall–Kier alpha value is -2.83. The first-order valence-corrected chi connectivity index (χ1v) is 9.69. The molecule has 0 N–H and O–H groups in total. The molecule has 1 aliphatic rings. The van der Waals surface area contributed by atoms with Crippen LogP contribution >= 0.6 is 23.2 Å². The molecule has 4 rings (SSSR count). The van der Waals surface area contributed by atoms with Crippen molar-refractivity contribution >= 4 is 40.8 Å². The summed E-state index contributed by atoms with van der Waals surface area (Å²) in [5.41, 5.74) is 2.01. The van der Waals surface area contributed by atoms with E-state index in [0.717, 1.165) is 5.56 Å². The molecule has 2 aromatic carbocycles. The number of nitrogens with zero attached hydrogens (tertiary/aromatic N) is 2. The molecule has 0 radical (unpaired) electrons. The van der Waals surface area contributed by atoms with E-state index in [1.165, 1.54) is 0 Å². The van der Waals surface area contributed by atoms with Gasteiger partial charge in [-0.1, -0.05) is 28.4 Å². The lowest BCUT2D eigenvalue weighted by atomic mass is 10.1. The van der Waals surface area contributed by atoms with Gasteiger partial charge >= 0.3 is 5.97 Å². The Balaban J connectivity index is 1.35. The van der Waals surface area contributed by atoms with Gasteiger partial charge in [-0.25, -0.2) is 0 Å². The quantitative estimate of drug-likeness (QED) is 0.546. The fraction of sp³-hybridized carbons (Fsp3) is 0.190. The maximum atomic E-state index is 12.4. The maximum absolute atomic E-state index is 12.4. The fourth-order valence-electron chi connectivity index (χ4n) is 3.13. The number of ether oxygens (including phenoxy) is 1. The summed E-state index contributed by atoms with van der Waals surface area (Å²) in [6, 6.07) is 15.8. The van der Waals surface area contributed by atoms with Crippen LogP contribution in [0.4, 0.5) is 5.69 Å². The van der Waals surface area contributed by atoms with Crippen molar-refractivity contribution in [2.75, 3.05) is 11.4 Å². The number of hydrogen-bond donors (Lipinski definition) is 0. The standard InChI is InChI=1S/C21H16Cl2N2O4/c22-15-3-1-13(2-4-15)19-10-17(24-29-19)12-28-21(27)14-9-20(26)25(11-14)18-7-5-16(23)6-8-18/h1-8,10,14H,9,11-12H2. The van der Waals surface area contributed by atoms with Crippen molar-refractivity contribution in [3.8, 4) is 11.3 Å². The molecule has 1 saturated heterocycles. The maximum Gasteiger partial charge on any atom is 0.311 e. The Morgan fingerprint density at radius 3 is 2.45 bits per heavy atom. The van der Waals surface area contributed by atoms with E-state index in [0.29, 0.717) is 27.2 Å². The van der Waals surface area contributed by atoms with Crippen molar-refractivity contribution in [3.05, 3.63) is 70.3 Å². The first-order chi connectivity index (χ1) is 14.0. The molecule has 148 valence electrons. The molecular weight excluding hydrogens is 415 g/mol. The van der Waals surface area contributed by atoms with Crippen LogP contribution in [-0.2, 0) is 20.9 Å². The van der Waals surface area contributed by atoms with Crippen molar-refractivity contribution in [2.45, 2.75) is 13.0 Å². The van der Waals surface area contributed by atoms with E-state index < -0.39 is 11.9 Å². The predicted molar refractivity (Wildman–Crippen MR) is 109 cm³/mol. The lowest BCUT2D eigenvalue weighted by Crippen LogP contribution is -2.26.